The molecule has 32 heavy (non-hydrogen) atoms. The zero-order valence-electron chi connectivity index (χ0n) is 20.2. The summed E-state index contributed by atoms with van der Waals surface area (Å²) in [6, 6.07) is 0. The van der Waals surface area contributed by atoms with Crippen molar-refractivity contribution in [2.75, 3.05) is 32.8 Å². The largest absolute Gasteiger partial charge is 0.381 e. The second-order valence-corrected chi connectivity index (χ2v) is 12.7. The molecule has 3 aliphatic rings. The number of thioether (sulfide) groups is 2. The Morgan fingerprint density at radius 1 is 0.938 bits per heavy atom. The summed E-state index contributed by atoms with van der Waals surface area (Å²) in [5.41, 5.74) is 0. The Bertz CT molecular complexity index is 555. The van der Waals surface area contributed by atoms with Crippen molar-refractivity contribution in [3.05, 3.63) is 0 Å². The van der Waals surface area contributed by atoms with Crippen molar-refractivity contribution >= 4 is 29.8 Å². The molecule has 3 fully saturated rings. The average Bonchev–Trinajstić information content (AvgIpc) is 2.79. The van der Waals surface area contributed by atoms with Crippen LogP contribution >= 0.6 is 23.5 Å². The highest BCUT2D eigenvalue weighted by Gasteiger charge is 2.45. The van der Waals surface area contributed by atoms with E-state index in [4.69, 9.17) is 23.7 Å². The van der Waals surface area contributed by atoms with Crippen LogP contribution in [-0.4, -0.2) is 80.0 Å². The van der Waals surface area contributed by atoms with Crippen LogP contribution in [0.5, 0.6) is 0 Å². The highest BCUT2D eigenvalue weighted by Crippen LogP contribution is 2.52. The topological polar surface area (TPSA) is 63.2 Å². The van der Waals surface area contributed by atoms with Crippen molar-refractivity contribution in [3.8, 4) is 0 Å². The predicted molar refractivity (Wildman–Crippen MR) is 130 cm³/mol. The fourth-order valence-electron chi connectivity index (χ4n) is 5.27. The summed E-state index contributed by atoms with van der Waals surface area (Å²) in [6.45, 7) is 2.25. The average molecular weight is 491 g/mol. The van der Waals surface area contributed by atoms with Gasteiger partial charge < -0.3 is 28.5 Å². The Balaban J connectivity index is 1.63. The molecule has 6 nitrogen and oxygen atoms in total. The van der Waals surface area contributed by atoms with Crippen LogP contribution in [0.4, 0.5) is 0 Å². The van der Waals surface area contributed by atoms with Gasteiger partial charge in [-0.25, -0.2) is 0 Å². The minimum Gasteiger partial charge on any atom is -0.381 e. The van der Waals surface area contributed by atoms with Gasteiger partial charge in [-0.2, -0.15) is 0 Å². The van der Waals surface area contributed by atoms with E-state index < -0.39 is 0 Å². The summed E-state index contributed by atoms with van der Waals surface area (Å²) < 4.78 is 30.0. The molecule has 0 aromatic rings. The summed E-state index contributed by atoms with van der Waals surface area (Å²) in [5, 5.41) is 0. The molecule has 0 amide bonds. The lowest BCUT2D eigenvalue weighted by Crippen LogP contribution is -2.46. The molecule has 3 aliphatic heterocycles. The van der Waals surface area contributed by atoms with Gasteiger partial charge in [-0.3, -0.25) is 0 Å². The monoisotopic (exact) mass is 490 g/mol. The van der Waals surface area contributed by atoms with Crippen LogP contribution in [0.3, 0.4) is 0 Å². The zero-order valence-corrected chi connectivity index (χ0v) is 21.8. The first kappa shape index (κ1) is 26.8. The van der Waals surface area contributed by atoms with E-state index in [1.165, 1.54) is 17.9 Å². The Labute approximate surface area is 202 Å². The minimum atomic E-state index is -0.237. The highest BCUT2D eigenvalue weighted by molar-refractivity contribution is 8.18. The lowest BCUT2D eigenvalue weighted by atomic mass is 9.87. The molecule has 6 atom stereocenters. The molecule has 3 saturated heterocycles. The van der Waals surface area contributed by atoms with E-state index in [-0.39, 0.29) is 40.9 Å². The van der Waals surface area contributed by atoms with Crippen molar-refractivity contribution in [2.24, 2.45) is 5.92 Å². The minimum absolute atomic E-state index is 0.0554. The Morgan fingerprint density at radius 2 is 1.62 bits per heavy atom. The van der Waals surface area contributed by atoms with Crippen LogP contribution in [0.1, 0.15) is 64.7 Å². The number of aldehydes is 1. The maximum absolute atomic E-state index is 11.0. The summed E-state index contributed by atoms with van der Waals surface area (Å²) in [4.78, 5) is 11.0. The first-order valence-electron chi connectivity index (χ1n) is 12.1. The molecular formula is C24H42O6S2. The Morgan fingerprint density at radius 3 is 2.25 bits per heavy atom. The van der Waals surface area contributed by atoms with Gasteiger partial charge in [0.2, 0.25) is 0 Å². The van der Waals surface area contributed by atoms with E-state index in [1.807, 2.05) is 0 Å². The lowest BCUT2D eigenvalue weighted by Gasteiger charge is -2.47. The molecule has 8 heteroatoms. The van der Waals surface area contributed by atoms with Gasteiger partial charge in [0.1, 0.15) is 6.29 Å². The fraction of sp³-hybridized carbons (Fsp3) is 0.958. The quantitative estimate of drug-likeness (QED) is 0.306. The predicted octanol–water partition coefficient (Wildman–Crippen LogP) is 4.68. The molecule has 0 aliphatic carbocycles. The van der Waals surface area contributed by atoms with Gasteiger partial charge in [0.15, 0.2) is 6.29 Å². The van der Waals surface area contributed by atoms with Gasteiger partial charge in [-0.15, -0.1) is 23.5 Å². The standard InChI is InChI=1S/C24H42O6S2/c1-17-6-7-18(8-9-25)30-22(17)13-19(26-2)12-20-15-24(31-10-5-11-32-24)16-21(29-20)14-23(27-3)28-4/h9,17-23H,5-8,10-16H2,1-4H3/t17-,18-,19-,20+,21-,22+/m0/s1. The highest BCUT2D eigenvalue weighted by atomic mass is 32.2. The van der Waals surface area contributed by atoms with Crippen molar-refractivity contribution in [1.29, 1.82) is 0 Å². The summed E-state index contributed by atoms with van der Waals surface area (Å²) in [5.74, 6) is 2.93. The molecule has 1 spiro atoms. The number of methoxy groups -OCH3 is 3. The molecule has 3 heterocycles. The van der Waals surface area contributed by atoms with E-state index in [9.17, 15) is 4.79 Å². The summed E-state index contributed by atoms with van der Waals surface area (Å²) in [6.07, 6.45) is 9.69. The van der Waals surface area contributed by atoms with Gasteiger partial charge in [-0.05, 0) is 55.9 Å². The number of rotatable bonds is 11. The molecular weight excluding hydrogens is 448 g/mol. The zero-order chi connectivity index (χ0) is 23.0. The van der Waals surface area contributed by atoms with Crippen molar-refractivity contribution in [1.82, 2.24) is 0 Å². The van der Waals surface area contributed by atoms with E-state index in [0.717, 1.165) is 51.2 Å². The normalized spacial score (nSPS) is 34.0. The number of ether oxygens (including phenoxy) is 5. The maximum atomic E-state index is 11.0. The van der Waals surface area contributed by atoms with Gasteiger partial charge in [-0.1, -0.05) is 6.92 Å². The number of hydrogen-bond donors (Lipinski definition) is 0. The van der Waals surface area contributed by atoms with E-state index in [0.29, 0.717) is 12.3 Å². The molecule has 0 aromatic heterocycles. The number of hydrogen-bond acceptors (Lipinski definition) is 8. The van der Waals surface area contributed by atoms with Crippen LogP contribution in [0.25, 0.3) is 0 Å². The third-order valence-corrected chi connectivity index (χ3v) is 10.5. The van der Waals surface area contributed by atoms with Crippen molar-refractivity contribution in [2.45, 2.75) is 106 Å². The second kappa shape index (κ2) is 13.3. The molecule has 0 unspecified atom stereocenters. The Hall–Kier alpha value is 0.170. The summed E-state index contributed by atoms with van der Waals surface area (Å²) in [7, 11) is 5.18. The third-order valence-electron chi connectivity index (χ3n) is 7.12. The third kappa shape index (κ3) is 7.59. The molecule has 0 aromatic carbocycles. The van der Waals surface area contributed by atoms with E-state index >= 15 is 0 Å². The smallest absolute Gasteiger partial charge is 0.159 e. The maximum Gasteiger partial charge on any atom is 0.159 e. The molecule has 0 bridgehead atoms. The number of carbonyl (C=O) groups is 1. The number of carbonyl (C=O) groups excluding carboxylic acids is 1. The molecule has 3 rings (SSSR count). The first-order valence-corrected chi connectivity index (χ1v) is 14.1. The van der Waals surface area contributed by atoms with Crippen LogP contribution in [-0.2, 0) is 28.5 Å². The summed E-state index contributed by atoms with van der Waals surface area (Å²) >= 11 is 4.23. The van der Waals surface area contributed by atoms with Gasteiger partial charge >= 0.3 is 0 Å². The molecule has 186 valence electrons. The van der Waals surface area contributed by atoms with Crippen LogP contribution in [0.15, 0.2) is 0 Å². The van der Waals surface area contributed by atoms with Crippen molar-refractivity contribution in [3.63, 3.8) is 0 Å². The first-order chi connectivity index (χ1) is 15.5. The molecule has 0 saturated carbocycles. The van der Waals surface area contributed by atoms with Crippen molar-refractivity contribution < 1.29 is 28.5 Å². The SMILES string of the molecule is COC(C[C@H]1CC2(C[C@@H](C[C@@H](C[C@H]3O[C@H](CC=O)CC[C@@H]3C)OC)O1)SCCCS2)OC. The lowest BCUT2D eigenvalue weighted by molar-refractivity contribution is -0.154. The van der Waals surface area contributed by atoms with Crippen LogP contribution in [0.2, 0.25) is 0 Å². The van der Waals surface area contributed by atoms with E-state index in [2.05, 4.69) is 30.4 Å². The van der Waals surface area contributed by atoms with Crippen LogP contribution in [0, 0.1) is 5.92 Å². The van der Waals surface area contributed by atoms with E-state index in [1.54, 1.807) is 21.3 Å². The molecule has 0 N–H and O–H groups in total. The second-order valence-electron chi connectivity index (χ2n) is 9.47. The molecule has 0 radical (unpaired) electrons. The van der Waals surface area contributed by atoms with Gasteiger partial charge in [0.05, 0.1) is 34.6 Å². The van der Waals surface area contributed by atoms with Crippen LogP contribution < -0.4 is 0 Å². The Kier molecular flexibility index (Phi) is 11.1. The van der Waals surface area contributed by atoms with Gasteiger partial charge in [0.25, 0.3) is 0 Å². The fourth-order valence-corrected chi connectivity index (χ4v) is 8.83. The van der Waals surface area contributed by atoms with Gasteiger partial charge in [0, 0.05) is 40.6 Å².